The molecule has 0 spiro atoms. The van der Waals surface area contributed by atoms with Crippen molar-refractivity contribution >= 4 is 7.82 Å². The van der Waals surface area contributed by atoms with Crippen LogP contribution in [0.5, 0.6) is 0 Å². The normalized spacial score (nSPS) is 11.9. The highest BCUT2D eigenvalue weighted by Crippen LogP contribution is 2.50. The molecule has 6 nitrogen and oxygen atoms in total. The molecule has 0 radical (unpaired) electrons. The summed E-state index contributed by atoms with van der Waals surface area (Å²) in [5.41, 5.74) is 0. The molecule has 0 aliphatic heterocycles. The Labute approximate surface area is 116 Å². The molecular weight excluding hydrogens is 271 g/mol. The first kappa shape index (κ1) is 19.0. The van der Waals surface area contributed by atoms with Crippen LogP contribution in [-0.2, 0) is 28.2 Å². The lowest BCUT2D eigenvalue weighted by atomic mass is 10.4. The molecule has 0 rings (SSSR count). The average molecular weight is 298 g/mol. The van der Waals surface area contributed by atoms with Crippen molar-refractivity contribution in [2.75, 3.05) is 19.8 Å². The standard InChI is InChI=1S/C12H27O6P/c1-4-7-10-14-17-19(13,16-12-9-6-3)18-15-11-8-5-2/h4-12H2,1-3H3. The van der Waals surface area contributed by atoms with Gasteiger partial charge in [0.05, 0.1) is 19.8 Å². The topological polar surface area (TPSA) is 63.2 Å². The first-order valence-electron chi connectivity index (χ1n) is 7.05. The predicted octanol–water partition coefficient (Wildman–Crippen LogP) is 4.41. The summed E-state index contributed by atoms with van der Waals surface area (Å²) >= 11 is 0. The van der Waals surface area contributed by atoms with E-state index in [1.807, 2.05) is 20.8 Å². The van der Waals surface area contributed by atoms with E-state index < -0.39 is 7.82 Å². The zero-order valence-corrected chi connectivity index (χ0v) is 13.2. The van der Waals surface area contributed by atoms with Crippen LogP contribution in [-0.4, -0.2) is 19.8 Å². The van der Waals surface area contributed by atoms with Gasteiger partial charge in [-0.25, -0.2) is 14.3 Å². The van der Waals surface area contributed by atoms with Crippen LogP contribution in [0.3, 0.4) is 0 Å². The minimum Gasteiger partial charge on any atom is -0.284 e. The quantitative estimate of drug-likeness (QED) is 0.205. The Balaban J connectivity index is 4.00. The summed E-state index contributed by atoms with van der Waals surface area (Å²) in [6, 6.07) is 0. The van der Waals surface area contributed by atoms with Gasteiger partial charge in [0.15, 0.2) is 0 Å². The molecule has 0 aliphatic rings. The molecule has 0 saturated carbocycles. The average Bonchev–Trinajstić information content (AvgIpc) is 2.41. The van der Waals surface area contributed by atoms with E-state index in [0.29, 0.717) is 13.2 Å². The third kappa shape index (κ3) is 11.5. The fourth-order valence-corrected chi connectivity index (χ4v) is 1.86. The second-order valence-corrected chi connectivity index (χ2v) is 5.58. The summed E-state index contributed by atoms with van der Waals surface area (Å²) in [5, 5.41) is 0. The summed E-state index contributed by atoms with van der Waals surface area (Å²) in [6.07, 6.45) is 5.22. The zero-order chi connectivity index (χ0) is 14.4. The lowest BCUT2D eigenvalue weighted by Gasteiger charge is -2.15. The Hall–Kier alpha value is 0.0300. The van der Waals surface area contributed by atoms with Crippen LogP contribution in [0.2, 0.25) is 0 Å². The summed E-state index contributed by atoms with van der Waals surface area (Å²) in [5.74, 6) is 0. The number of hydrogen-bond donors (Lipinski definition) is 0. The van der Waals surface area contributed by atoms with E-state index in [1.165, 1.54) is 0 Å². The summed E-state index contributed by atoms with van der Waals surface area (Å²) < 4.78 is 26.7. The van der Waals surface area contributed by atoms with Gasteiger partial charge in [-0.2, -0.15) is 0 Å². The van der Waals surface area contributed by atoms with Crippen molar-refractivity contribution in [2.24, 2.45) is 0 Å². The van der Waals surface area contributed by atoms with Gasteiger partial charge in [-0.1, -0.05) is 40.0 Å². The van der Waals surface area contributed by atoms with E-state index in [-0.39, 0.29) is 6.61 Å². The first-order chi connectivity index (χ1) is 9.18. The maximum atomic E-state index is 12.1. The maximum absolute atomic E-state index is 12.1. The monoisotopic (exact) mass is 298 g/mol. The highest BCUT2D eigenvalue weighted by Gasteiger charge is 2.30. The molecule has 116 valence electrons. The van der Waals surface area contributed by atoms with Gasteiger partial charge >= 0.3 is 7.82 Å². The van der Waals surface area contributed by atoms with E-state index in [2.05, 4.69) is 0 Å². The largest absolute Gasteiger partial charge is 0.529 e. The van der Waals surface area contributed by atoms with Crippen LogP contribution in [0.4, 0.5) is 0 Å². The summed E-state index contributed by atoms with van der Waals surface area (Å²) in [6.45, 7) is 7.01. The lowest BCUT2D eigenvalue weighted by Crippen LogP contribution is -2.05. The first-order valence-corrected chi connectivity index (χ1v) is 8.51. The van der Waals surface area contributed by atoms with E-state index in [1.54, 1.807) is 0 Å². The third-order valence-electron chi connectivity index (χ3n) is 2.20. The second kappa shape index (κ2) is 13.0. The van der Waals surface area contributed by atoms with E-state index in [4.69, 9.17) is 23.6 Å². The molecular formula is C12H27O6P. The molecule has 0 unspecified atom stereocenters. The van der Waals surface area contributed by atoms with Crippen molar-refractivity contribution in [2.45, 2.75) is 59.3 Å². The Morgan fingerprint density at radius 2 is 1.16 bits per heavy atom. The van der Waals surface area contributed by atoms with Crippen LogP contribution in [0.15, 0.2) is 0 Å². The van der Waals surface area contributed by atoms with Gasteiger partial charge in [0.2, 0.25) is 0 Å². The van der Waals surface area contributed by atoms with Gasteiger partial charge in [-0.3, -0.25) is 4.52 Å². The van der Waals surface area contributed by atoms with Crippen molar-refractivity contribution < 1.29 is 28.2 Å². The summed E-state index contributed by atoms with van der Waals surface area (Å²) in [4.78, 5) is 9.67. The molecule has 0 amide bonds. The molecule has 0 atom stereocenters. The van der Waals surface area contributed by atoms with Gasteiger partial charge in [0, 0.05) is 0 Å². The van der Waals surface area contributed by atoms with Crippen LogP contribution >= 0.6 is 7.82 Å². The Kier molecular flexibility index (Phi) is 13.1. The second-order valence-electron chi connectivity index (χ2n) is 4.13. The van der Waals surface area contributed by atoms with Crippen LogP contribution in [0.25, 0.3) is 0 Å². The number of rotatable bonds is 14. The fraction of sp³-hybridized carbons (Fsp3) is 1.00. The molecule has 19 heavy (non-hydrogen) atoms. The Morgan fingerprint density at radius 3 is 1.58 bits per heavy atom. The third-order valence-corrected chi connectivity index (χ3v) is 3.27. The van der Waals surface area contributed by atoms with Gasteiger partial charge < -0.3 is 0 Å². The summed E-state index contributed by atoms with van der Waals surface area (Å²) in [7, 11) is -3.77. The molecule has 0 heterocycles. The van der Waals surface area contributed by atoms with Crippen molar-refractivity contribution in [1.82, 2.24) is 0 Å². The van der Waals surface area contributed by atoms with Crippen LogP contribution in [0.1, 0.15) is 59.3 Å². The number of unbranched alkanes of at least 4 members (excludes halogenated alkanes) is 3. The van der Waals surface area contributed by atoms with Gasteiger partial charge in [0.25, 0.3) is 0 Å². The predicted molar refractivity (Wildman–Crippen MR) is 72.4 cm³/mol. The van der Waals surface area contributed by atoms with Crippen LogP contribution in [0, 0.1) is 0 Å². The number of hydrogen-bond acceptors (Lipinski definition) is 6. The van der Waals surface area contributed by atoms with Crippen molar-refractivity contribution in [3.05, 3.63) is 0 Å². The fourth-order valence-electron chi connectivity index (χ4n) is 0.986. The molecule has 0 fully saturated rings. The highest BCUT2D eigenvalue weighted by atomic mass is 31.2. The minimum absolute atomic E-state index is 0.280. The highest BCUT2D eigenvalue weighted by molar-refractivity contribution is 7.48. The van der Waals surface area contributed by atoms with Gasteiger partial charge in [-0.05, 0) is 19.3 Å². The van der Waals surface area contributed by atoms with E-state index >= 15 is 0 Å². The lowest BCUT2D eigenvalue weighted by molar-refractivity contribution is -0.282. The smallest absolute Gasteiger partial charge is 0.284 e. The molecule has 0 aliphatic carbocycles. The Bertz CT molecular complexity index is 220. The van der Waals surface area contributed by atoms with E-state index in [9.17, 15) is 4.57 Å². The molecule has 0 aromatic heterocycles. The van der Waals surface area contributed by atoms with Crippen LogP contribution < -0.4 is 0 Å². The molecule has 0 aromatic carbocycles. The van der Waals surface area contributed by atoms with Crippen molar-refractivity contribution in [1.29, 1.82) is 0 Å². The Morgan fingerprint density at radius 1 is 0.737 bits per heavy atom. The SMILES string of the molecule is CCCCOOP(=O)(OCCCC)OOCCCC. The molecule has 0 bridgehead atoms. The maximum Gasteiger partial charge on any atom is 0.529 e. The zero-order valence-electron chi connectivity index (χ0n) is 12.3. The number of phosphoric acid groups is 1. The van der Waals surface area contributed by atoms with E-state index in [0.717, 1.165) is 38.5 Å². The molecule has 7 heteroatoms. The molecule has 0 N–H and O–H groups in total. The van der Waals surface area contributed by atoms with Crippen molar-refractivity contribution in [3.63, 3.8) is 0 Å². The minimum atomic E-state index is -3.77. The molecule has 0 aromatic rings. The molecule has 0 saturated heterocycles. The van der Waals surface area contributed by atoms with Gasteiger partial charge in [-0.15, -0.1) is 9.35 Å². The van der Waals surface area contributed by atoms with Gasteiger partial charge in [0.1, 0.15) is 0 Å². The van der Waals surface area contributed by atoms with Crippen molar-refractivity contribution in [3.8, 4) is 0 Å².